The van der Waals surface area contributed by atoms with E-state index in [0.29, 0.717) is 10.7 Å². The van der Waals surface area contributed by atoms with Crippen LogP contribution in [0.1, 0.15) is 34.5 Å². The van der Waals surface area contributed by atoms with E-state index in [1.807, 2.05) is 32.0 Å². The molecular formula is C16H17ClN2O2. The Morgan fingerprint density at radius 2 is 2.10 bits per heavy atom. The summed E-state index contributed by atoms with van der Waals surface area (Å²) < 4.78 is 5.34. The third-order valence-corrected chi connectivity index (χ3v) is 3.41. The Hall–Kier alpha value is -2.07. The fraction of sp³-hybridized carbons (Fsp3) is 0.250. The molecule has 0 unspecified atom stereocenters. The quantitative estimate of drug-likeness (QED) is 0.879. The molecule has 0 radical (unpaired) electrons. The van der Waals surface area contributed by atoms with Gasteiger partial charge < -0.3 is 10.1 Å². The Labute approximate surface area is 129 Å². The van der Waals surface area contributed by atoms with E-state index in [-0.39, 0.29) is 11.9 Å². The lowest BCUT2D eigenvalue weighted by atomic mass is 10.0. The Balaban J connectivity index is 2.17. The Kier molecular flexibility index (Phi) is 4.81. The van der Waals surface area contributed by atoms with Crippen LogP contribution in [-0.2, 0) is 0 Å². The minimum atomic E-state index is -0.199. The van der Waals surface area contributed by atoms with E-state index in [0.717, 1.165) is 16.9 Å². The number of aryl methyl sites for hydroxylation is 1. The molecule has 5 heteroatoms. The maximum Gasteiger partial charge on any atom is 0.253 e. The van der Waals surface area contributed by atoms with E-state index in [9.17, 15) is 4.79 Å². The summed E-state index contributed by atoms with van der Waals surface area (Å²) in [7, 11) is 1.62. The summed E-state index contributed by atoms with van der Waals surface area (Å²) in [6.45, 7) is 3.92. The van der Waals surface area contributed by atoms with Crippen molar-refractivity contribution in [3.05, 3.63) is 58.4 Å². The third-order valence-electron chi connectivity index (χ3n) is 3.19. The number of methoxy groups -OCH3 is 1. The van der Waals surface area contributed by atoms with Crippen LogP contribution >= 0.6 is 11.6 Å². The van der Waals surface area contributed by atoms with Crippen molar-refractivity contribution < 1.29 is 9.53 Å². The van der Waals surface area contributed by atoms with Crippen LogP contribution in [0, 0.1) is 6.92 Å². The molecule has 1 amide bonds. The van der Waals surface area contributed by atoms with Crippen molar-refractivity contribution in [2.75, 3.05) is 7.11 Å². The summed E-state index contributed by atoms with van der Waals surface area (Å²) in [5.41, 5.74) is 2.52. The van der Waals surface area contributed by atoms with Gasteiger partial charge in [-0.25, -0.2) is 4.98 Å². The highest BCUT2D eigenvalue weighted by Gasteiger charge is 2.15. The van der Waals surface area contributed by atoms with Crippen molar-refractivity contribution in [1.82, 2.24) is 10.3 Å². The molecule has 0 bridgehead atoms. The van der Waals surface area contributed by atoms with Gasteiger partial charge in [0, 0.05) is 11.8 Å². The first-order valence-corrected chi connectivity index (χ1v) is 6.96. The number of carbonyl (C=O) groups excluding carboxylic acids is 1. The molecule has 1 N–H and O–H groups in total. The number of nitrogens with one attached hydrogen (secondary N) is 1. The minimum Gasteiger partial charge on any atom is -0.496 e. The summed E-state index contributed by atoms with van der Waals surface area (Å²) in [5, 5.41) is 3.29. The van der Waals surface area contributed by atoms with Crippen molar-refractivity contribution in [2.45, 2.75) is 19.9 Å². The average Bonchev–Trinajstić information content (AvgIpc) is 2.47. The zero-order valence-electron chi connectivity index (χ0n) is 12.2. The van der Waals surface area contributed by atoms with E-state index in [2.05, 4.69) is 10.3 Å². The number of halogens is 1. The molecule has 0 spiro atoms. The minimum absolute atomic E-state index is 0.178. The fourth-order valence-corrected chi connectivity index (χ4v) is 2.17. The number of benzene rings is 1. The second-order valence-electron chi connectivity index (χ2n) is 4.81. The molecule has 0 fully saturated rings. The van der Waals surface area contributed by atoms with Gasteiger partial charge in [0.2, 0.25) is 0 Å². The molecule has 0 aliphatic carbocycles. The van der Waals surface area contributed by atoms with Crippen LogP contribution in [0.3, 0.4) is 0 Å². The van der Waals surface area contributed by atoms with E-state index in [4.69, 9.17) is 16.3 Å². The molecule has 0 aliphatic heterocycles. The molecule has 4 nitrogen and oxygen atoms in total. The third kappa shape index (κ3) is 3.73. The zero-order chi connectivity index (χ0) is 15.4. The van der Waals surface area contributed by atoms with E-state index >= 15 is 0 Å². The normalized spacial score (nSPS) is 11.8. The predicted molar refractivity (Wildman–Crippen MR) is 82.9 cm³/mol. The highest BCUT2D eigenvalue weighted by Crippen LogP contribution is 2.26. The smallest absolute Gasteiger partial charge is 0.253 e. The highest BCUT2D eigenvalue weighted by molar-refractivity contribution is 6.29. The van der Waals surface area contributed by atoms with Gasteiger partial charge in [-0.15, -0.1) is 0 Å². The average molecular weight is 305 g/mol. The van der Waals surface area contributed by atoms with Gasteiger partial charge >= 0.3 is 0 Å². The molecule has 21 heavy (non-hydrogen) atoms. The number of hydrogen-bond acceptors (Lipinski definition) is 3. The number of rotatable bonds is 4. The van der Waals surface area contributed by atoms with Gasteiger partial charge in [-0.05, 0) is 32.0 Å². The van der Waals surface area contributed by atoms with Crippen LogP contribution in [0.25, 0.3) is 0 Å². The highest BCUT2D eigenvalue weighted by atomic mass is 35.5. The Morgan fingerprint density at radius 3 is 2.71 bits per heavy atom. The van der Waals surface area contributed by atoms with Gasteiger partial charge in [-0.2, -0.15) is 0 Å². The maximum atomic E-state index is 12.2. The number of hydrogen-bond donors (Lipinski definition) is 1. The first-order chi connectivity index (χ1) is 10.0. The second kappa shape index (κ2) is 6.59. The van der Waals surface area contributed by atoms with Crippen molar-refractivity contribution in [3.8, 4) is 5.75 Å². The topological polar surface area (TPSA) is 51.2 Å². The van der Waals surface area contributed by atoms with Crippen LogP contribution in [0.5, 0.6) is 5.75 Å². The van der Waals surface area contributed by atoms with Crippen LogP contribution < -0.4 is 10.1 Å². The van der Waals surface area contributed by atoms with Gasteiger partial charge in [-0.1, -0.05) is 29.3 Å². The first kappa shape index (κ1) is 15.3. The largest absolute Gasteiger partial charge is 0.496 e. The molecule has 0 saturated carbocycles. The summed E-state index contributed by atoms with van der Waals surface area (Å²) in [6.07, 6.45) is 1.46. The Morgan fingerprint density at radius 1 is 1.33 bits per heavy atom. The van der Waals surface area contributed by atoms with E-state index in [1.165, 1.54) is 6.20 Å². The van der Waals surface area contributed by atoms with Crippen LogP contribution in [0.2, 0.25) is 5.15 Å². The van der Waals surface area contributed by atoms with Crippen LogP contribution in [0.4, 0.5) is 0 Å². The maximum absolute atomic E-state index is 12.2. The molecule has 2 rings (SSSR count). The summed E-state index contributed by atoms with van der Waals surface area (Å²) in [6, 6.07) is 8.93. The summed E-state index contributed by atoms with van der Waals surface area (Å²) >= 11 is 5.72. The number of carbonyl (C=O) groups is 1. The van der Waals surface area contributed by atoms with Crippen molar-refractivity contribution in [2.24, 2.45) is 0 Å². The predicted octanol–water partition coefficient (Wildman–Crippen LogP) is 3.54. The SMILES string of the molecule is COc1ccc(C)cc1[C@@H](C)NC(=O)c1ccc(Cl)nc1. The lowest BCUT2D eigenvalue weighted by molar-refractivity contribution is 0.0939. The van der Waals surface area contributed by atoms with Crippen LogP contribution in [-0.4, -0.2) is 18.0 Å². The standard InChI is InChI=1S/C16H17ClN2O2/c1-10-4-6-14(21-3)13(8-10)11(2)19-16(20)12-5-7-15(17)18-9-12/h4-9,11H,1-3H3,(H,19,20)/t11-/m1/s1. The van der Waals surface area contributed by atoms with Crippen molar-refractivity contribution in [1.29, 1.82) is 0 Å². The lowest BCUT2D eigenvalue weighted by Crippen LogP contribution is -2.27. The van der Waals surface area contributed by atoms with E-state index < -0.39 is 0 Å². The molecule has 110 valence electrons. The molecule has 1 aromatic heterocycles. The molecule has 0 saturated heterocycles. The summed E-state index contributed by atoms with van der Waals surface area (Å²) in [4.78, 5) is 16.1. The van der Waals surface area contributed by atoms with Gasteiger partial charge in [0.05, 0.1) is 18.7 Å². The molecular weight excluding hydrogens is 288 g/mol. The van der Waals surface area contributed by atoms with E-state index in [1.54, 1.807) is 19.2 Å². The number of aromatic nitrogens is 1. The van der Waals surface area contributed by atoms with Gasteiger partial charge in [-0.3, -0.25) is 4.79 Å². The Bertz CT molecular complexity index is 641. The van der Waals surface area contributed by atoms with Gasteiger partial charge in [0.1, 0.15) is 10.9 Å². The summed E-state index contributed by atoms with van der Waals surface area (Å²) in [5.74, 6) is 0.554. The fourth-order valence-electron chi connectivity index (χ4n) is 2.06. The number of ether oxygens (including phenoxy) is 1. The van der Waals surface area contributed by atoms with Gasteiger partial charge in [0.25, 0.3) is 5.91 Å². The number of amides is 1. The zero-order valence-corrected chi connectivity index (χ0v) is 12.9. The van der Waals surface area contributed by atoms with Gasteiger partial charge in [0.15, 0.2) is 0 Å². The molecule has 2 aromatic rings. The van der Waals surface area contributed by atoms with Crippen LogP contribution in [0.15, 0.2) is 36.5 Å². The molecule has 1 heterocycles. The number of pyridine rings is 1. The monoisotopic (exact) mass is 304 g/mol. The van der Waals surface area contributed by atoms with Crippen molar-refractivity contribution in [3.63, 3.8) is 0 Å². The molecule has 1 aromatic carbocycles. The number of nitrogens with zero attached hydrogens (tertiary/aromatic N) is 1. The lowest BCUT2D eigenvalue weighted by Gasteiger charge is -2.18. The molecule has 1 atom stereocenters. The first-order valence-electron chi connectivity index (χ1n) is 6.58. The van der Waals surface area contributed by atoms with Crippen molar-refractivity contribution >= 4 is 17.5 Å². The second-order valence-corrected chi connectivity index (χ2v) is 5.20. The molecule has 0 aliphatic rings.